The van der Waals surface area contributed by atoms with Gasteiger partial charge < -0.3 is 13.7 Å². The summed E-state index contributed by atoms with van der Waals surface area (Å²) >= 11 is 0. The monoisotopic (exact) mass is 625 g/mol. The van der Waals surface area contributed by atoms with E-state index in [2.05, 4.69) is 144 Å². The zero-order valence-electron chi connectivity index (χ0n) is 26.4. The Bertz CT molecular complexity index is 3130. The standard InChI is InChI=1S/C46H27NO2/c1-2-9-34-28(8-1)16-17-29-20-22-32(25-37(29)34)47(41-12-7-15-44-46(41)36-11-4-6-14-43(36)48-44)33-23-21-30-18-19-31-24-45-40(27-39(31)38(30)26-33)35-10-3-5-13-42(35)49-45/h1-27H. The Balaban J connectivity index is 1.22. The molecule has 0 fully saturated rings. The minimum Gasteiger partial charge on any atom is -0.456 e. The molecule has 0 aliphatic carbocycles. The van der Waals surface area contributed by atoms with E-state index in [9.17, 15) is 0 Å². The first-order chi connectivity index (χ1) is 24.3. The predicted molar refractivity (Wildman–Crippen MR) is 206 cm³/mol. The van der Waals surface area contributed by atoms with Crippen LogP contribution in [0.2, 0.25) is 0 Å². The highest BCUT2D eigenvalue weighted by molar-refractivity contribution is 6.18. The van der Waals surface area contributed by atoms with Crippen molar-refractivity contribution in [3.05, 3.63) is 164 Å². The number of furan rings is 2. The minimum absolute atomic E-state index is 0.871. The van der Waals surface area contributed by atoms with Crippen LogP contribution in [-0.4, -0.2) is 0 Å². The van der Waals surface area contributed by atoms with Crippen molar-refractivity contribution >= 4 is 104 Å². The summed E-state index contributed by atoms with van der Waals surface area (Å²) in [7, 11) is 0. The molecule has 0 N–H and O–H groups in total. The zero-order chi connectivity index (χ0) is 32.1. The fourth-order valence-corrected chi connectivity index (χ4v) is 7.90. The molecule has 228 valence electrons. The molecular formula is C46H27NO2. The quantitative estimate of drug-likeness (QED) is 0.183. The Morgan fingerprint density at radius 2 is 0.837 bits per heavy atom. The number of fused-ring (bicyclic) bond motifs is 12. The maximum Gasteiger partial charge on any atom is 0.137 e. The zero-order valence-corrected chi connectivity index (χ0v) is 26.4. The van der Waals surface area contributed by atoms with Gasteiger partial charge in [-0.25, -0.2) is 0 Å². The minimum atomic E-state index is 0.871. The topological polar surface area (TPSA) is 29.5 Å². The summed E-state index contributed by atoms with van der Waals surface area (Å²) in [6, 6.07) is 58.6. The molecule has 0 radical (unpaired) electrons. The molecule has 49 heavy (non-hydrogen) atoms. The van der Waals surface area contributed by atoms with Gasteiger partial charge in [0.1, 0.15) is 22.3 Å². The predicted octanol–water partition coefficient (Wildman–Crippen LogP) is 13.6. The molecule has 0 unspecified atom stereocenters. The van der Waals surface area contributed by atoms with E-state index in [4.69, 9.17) is 8.83 Å². The van der Waals surface area contributed by atoms with Gasteiger partial charge >= 0.3 is 0 Å². The van der Waals surface area contributed by atoms with Crippen LogP contribution in [-0.2, 0) is 0 Å². The summed E-state index contributed by atoms with van der Waals surface area (Å²) in [4.78, 5) is 2.40. The highest BCUT2D eigenvalue weighted by Crippen LogP contribution is 2.45. The molecule has 11 rings (SSSR count). The van der Waals surface area contributed by atoms with Crippen LogP contribution in [0.4, 0.5) is 17.1 Å². The van der Waals surface area contributed by atoms with Crippen molar-refractivity contribution in [2.75, 3.05) is 4.90 Å². The molecule has 0 aliphatic rings. The van der Waals surface area contributed by atoms with Crippen molar-refractivity contribution in [1.82, 2.24) is 0 Å². The average molecular weight is 626 g/mol. The van der Waals surface area contributed by atoms with Gasteiger partial charge in [-0.15, -0.1) is 0 Å². The molecule has 0 bridgehead atoms. The van der Waals surface area contributed by atoms with E-state index in [-0.39, 0.29) is 0 Å². The molecule has 0 saturated heterocycles. The van der Waals surface area contributed by atoms with Crippen molar-refractivity contribution in [2.45, 2.75) is 0 Å². The number of benzene rings is 9. The van der Waals surface area contributed by atoms with Gasteiger partial charge in [0.15, 0.2) is 0 Å². The first-order valence-corrected chi connectivity index (χ1v) is 16.7. The Labute approximate surface area is 280 Å². The van der Waals surface area contributed by atoms with Gasteiger partial charge in [0.2, 0.25) is 0 Å². The first kappa shape index (κ1) is 26.5. The van der Waals surface area contributed by atoms with Gasteiger partial charge in [0.05, 0.1) is 11.1 Å². The highest BCUT2D eigenvalue weighted by atomic mass is 16.3. The SMILES string of the molecule is c1ccc2c(c1)ccc1ccc(N(c3ccc4ccc5cc6oc7ccccc7c6cc5c4c3)c3cccc4oc5ccccc5c34)cc12. The molecule has 0 spiro atoms. The third-order valence-corrected chi connectivity index (χ3v) is 10.2. The lowest BCUT2D eigenvalue weighted by Gasteiger charge is -2.27. The Morgan fingerprint density at radius 3 is 1.61 bits per heavy atom. The number of hydrogen-bond acceptors (Lipinski definition) is 3. The summed E-state index contributed by atoms with van der Waals surface area (Å²) in [6.45, 7) is 0. The van der Waals surface area contributed by atoms with Crippen LogP contribution in [0, 0.1) is 0 Å². The lowest BCUT2D eigenvalue weighted by Crippen LogP contribution is -2.10. The van der Waals surface area contributed by atoms with Crippen LogP contribution in [0.5, 0.6) is 0 Å². The van der Waals surface area contributed by atoms with E-state index in [0.717, 1.165) is 66.3 Å². The molecule has 3 heteroatoms. The second-order valence-electron chi connectivity index (χ2n) is 12.9. The summed E-state index contributed by atoms with van der Waals surface area (Å²) < 4.78 is 12.7. The fourth-order valence-electron chi connectivity index (χ4n) is 7.90. The van der Waals surface area contributed by atoms with Gasteiger partial charge in [0.25, 0.3) is 0 Å². The van der Waals surface area contributed by atoms with Crippen molar-refractivity contribution in [3.8, 4) is 0 Å². The van der Waals surface area contributed by atoms with Crippen molar-refractivity contribution in [3.63, 3.8) is 0 Å². The second-order valence-corrected chi connectivity index (χ2v) is 12.9. The van der Waals surface area contributed by atoms with Crippen LogP contribution in [0.25, 0.3) is 87.0 Å². The largest absolute Gasteiger partial charge is 0.456 e. The van der Waals surface area contributed by atoms with Gasteiger partial charge in [-0.3, -0.25) is 0 Å². The summed E-state index contributed by atoms with van der Waals surface area (Å²) in [5.74, 6) is 0. The Morgan fingerprint density at radius 1 is 0.306 bits per heavy atom. The number of nitrogens with zero attached hydrogens (tertiary/aromatic N) is 1. The molecule has 0 amide bonds. The highest BCUT2D eigenvalue weighted by Gasteiger charge is 2.21. The third kappa shape index (κ3) is 3.90. The van der Waals surface area contributed by atoms with Crippen LogP contribution >= 0.6 is 0 Å². The smallest absolute Gasteiger partial charge is 0.137 e. The molecular weight excluding hydrogens is 599 g/mol. The fraction of sp³-hybridized carbons (Fsp3) is 0. The van der Waals surface area contributed by atoms with Crippen molar-refractivity contribution in [2.24, 2.45) is 0 Å². The molecule has 0 atom stereocenters. The molecule has 2 aromatic heterocycles. The number of anilines is 3. The number of para-hydroxylation sites is 2. The summed E-state index contributed by atoms with van der Waals surface area (Å²) in [5, 5.41) is 14.1. The molecule has 0 aliphatic heterocycles. The van der Waals surface area contributed by atoms with Crippen molar-refractivity contribution in [1.29, 1.82) is 0 Å². The normalized spacial score (nSPS) is 12.1. The van der Waals surface area contributed by atoms with E-state index in [1.807, 2.05) is 24.3 Å². The number of rotatable bonds is 3. The van der Waals surface area contributed by atoms with Gasteiger partial charge in [-0.05, 0) is 104 Å². The Kier molecular flexibility index (Phi) is 5.38. The lowest BCUT2D eigenvalue weighted by atomic mass is 9.98. The molecule has 3 nitrogen and oxygen atoms in total. The average Bonchev–Trinajstić information content (AvgIpc) is 3.72. The second kappa shape index (κ2) is 9.96. The van der Waals surface area contributed by atoms with Gasteiger partial charge in [-0.1, -0.05) is 103 Å². The van der Waals surface area contributed by atoms with E-state index >= 15 is 0 Å². The molecule has 2 heterocycles. The van der Waals surface area contributed by atoms with E-state index in [1.54, 1.807) is 0 Å². The van der Waals surface area contributed by atoms with Crippen LogP contribution in [0.1, 0.15) is 0 Å². The lowest BCUT2D eigenvalue weighted by molar-refractivity contribution is 0.669. The number of hydrogen-bond donors (Lipinski definition) is 0. The van der Waals surface area contributed by atoms with E-state index < -0.39 is 0 Å². The molecule has 0 saturated carbocycles. The third-order valence-electron chi connectivity index (χ3n) is 10.2. The van der Waals surface area contributed by atoms with Gasteiger partial charge in [-0.2, -0.15) is 0 Å². The summed E-state index contributed by atoms with van der Waals surface area (Å²) in [5.41, 5.74) is 6.82. The van der Waals surface area contributed by atoms with Crippen LogP contribution in [0.15, 0.2) is 173 Å². The van der Waals surface area contributed by atoms with Crippen LogP contribution in [0.3, 0.4) is 0 Å². The maximum atomic E-state index is 6.40. The first-order valence-electron chi connectivity index (χ1n) is 16.7. The maximum absolute atomic E-state index is 6.40. The van der Waals surface area contributed by atoms with E-state index in [1.165, 1.54) is 37.7 Å². The van der Waals surface area contributed by atoms with Gasteiger partial charge in [0, 0.05) is 27.5 Å². The molecule has 9 aromatic carbocycles. The van der Waals surface area contributed by atoms with Crippen molar-refractivity contribution < 1.29 is 8.83 Å². The van der Waals surface area contributed by atoms with E-state index in [0.29, 0.717) is 0 Å². The molecule has 11 aromatic rings. The Hall–Kier alpha value is -6.58. The van der Waals surface area contributed by atoms with Crippen LogP contribution < -0.4 is 4.90 Å². The summed E-state index contributed by atoms with van der Waals surface area (Å²) in [6.07, 6.45) is 0.